The first-order chi connectivity index (χ1) is 10.1. The van der Waals surface area contributed by atoms with E-state index in [1.807, 2.05) is 0 Å². The molecule has 0 atom stereocenters. The van der Waals surface area contributed by atoms with Gasteiger partial charge in [-0.15, -0.1) is 6.58 Å². The van der Waals surface area contributed by atoms with Crippen LogP contribution in [0.2, 0.25) is 0 Å². The van der Waals surface area contributed by atoms with Crippen molar-refractivity contribution >= 4 is 16.8 Å². The highest BCUT2D eigenvalue weighted by molar-refractivity contribution is 5.77. The van der Waals surface area contributed by atoms with Crippen LogP contribution in [0.1, 0.15) is 12.8 Å². The van der Waals surface area contributed by atoms with Crippen molar-refractivity contribution in [2.75, 3.05) is 6.54 Å². The van der Waals surface area contributed by atoms with Gasteiger partial charge in [-0.1, -0.05) is 18.2 Å². The third-order valence-corrected chi connectivity index (χ3v) is 3.12. The van der Waals surface area contributed by atoms with Crippen LogP contribution in [0.5, 0.6) is 0 Å². The molecule has 1 amide bonds. The average molecular weight is 287 g/mol. The smallest absolute Gasteiger partial charge is 0.328 e. The molecule has 2 rings (SSSR count). The molecule has 0 aliphatic heterocycles. The first-order valence-corrected chi connectivity index (χ1v) is 6.73. The minimum absolute atomic E-state index is 0.125. The Morgan fingerprint density at radius 1 is 1.33 bits per heavy atom. The van der Waals surface area contributed by atoms with Gasteiger partial charge in [0.2, 0.25) is 5.91 Å². The summed E-state index contributed by atoms with van der Waals surface area (Å²) < 4.78 is 1.13. The Morgan fingerprint density at radius 3 is 2.86 bits per heavy atom. The Balaban J connectivity index is 2.12. The van der Waals surface area contributed by atoms with E-state index in [0.717, 1.165) is 4.57 Å². The van der Waals surface area contributed by atoms with E-state index in [1.165, 1.54) is 0 Å². The number of rotatable bonds is 6. The van der Waals surface area contributed by atoms with Crippen LogP contribution in [0.4, 0.5) is 0 Å². The maximum atomic E-state index is 12.2. The van der Waals surface area contributed by atoms with Crippen LogP contribution >= 0.6 is 0 Å². The predicted molar refractivity (Wildman–Crippen MR) is 81.3 cm³/mol. The molecule has 6 nitrogen and oxygen atoms in total. The number of aromatic amines is 1. The number of para-hydroxylation sites is 1. The summed E-state index contributed by atoms with van der Waals surface area (Å²) in [5.74, 6) is -0.125. The highest BCUT2D eigenvalue weighted by Gasteiger charge is 2.07. The van der Waals surface area contributed by atoms with Crippen molar-refractivity contribution in [2.45, 2.75) is 19.4 Å². The summed E-state index contributed by atoms with van der Waals surface area (Å²) in [7, 11) is 0. The number of amides is 1. The zero-order chi connectivity index (χ0) is 15.2. The van der Waals surface area contributed by atoms with E-state index in [0.29, 0.717) is 23.9 Å². The van der Waals surface area contributed by atoms with E-state index in [4.69, 9.17) is 0 Å². The van der Waals surface area contributed by atoms with Crippen molar-refractivity contribution in [1.29, 1.82) is 0 Å². The van der Waals surface area contributed by atoms with E-state index >= 15 is 0 Å². The first kappa shape index (κ1) is 14.8. The number of fused-ring (bicyclic) bond motifs is 1. The van der Waals surface area contributed by atoms with Gasteiger partial charge in [0, 0.05) is 19.5 Å². The molecule has 0 aliphatic rings. The van der Waals surface area contributed by atoms with Gasteiger partial charge in [0.25, 0.3) is 5.56 Å². The number of nitrogens with one attached hydrogen (secondary N) is 2. The number of carbonyl (C=O) groups is 1. The minimum Gasteiger partial charge on any atom is -0.353 e. The fourth-order valence-electron chi connectivity index (χ4n) is 2.07. The molecule has 21 heavy (non-hydrogen) atoms. The second-order valence-electron chi connectivity index (χ2n) is 4.63. The molecule has 1 aromatic heterocycles. The number of carbonyl (C=O) groups excluding carboxylic acids is 1. The molecule has 0 spiro atoms. The molecule has 0 bridgehead atoms. The van der Waals surface area contributed by atoms with Crippen LogP contribution in [0.15, 0.2) is 46.5 Å². The number of hydrogen-bond acceptors (Lipinski definition) is 3. The van der Waals surface area contributed by atoms with E-state index in [-0.39, 0.29) is 24.4 Å². The SMILES string of the molecule is C=CCNC(=O)CCCn1c(=O)[nH]c2ccccc2c1=O. The second-order valence-corrected chi connectivity index (χ2v) is 4.63. The number of aromatic nitrogens is 2. The molecule has 0 saturated heterocycles. The van der Waals surface area contributed by atoms with Crippen molar-refractivity contribution in [3.05, 3.63) is 57.8 Å². The predicted octanol–water partition coefficient (Wildman–Crippen LogP) is 0.772. The lowest BCUT2D eigenvalue weighted by Gasteiger charge is -2.06. The van der Waals surface area contributed by atoms with Crippen molar-refractivity contribution in [3.8, 4) is 0 Å². The largest absolute Gasteiger partial charge is 0.353 e. The van der Waals surface area contributed by atoms with E-state index in [2.05, 4.69) is 16.9 Å². The topological polar surface area (TPSA) is 84.0 Å². The Hall–Kier alpha value is -2.63. The minimum atomic E-state index is -0.454. The zero-order valence-electron chi connectivity index (χ0n) is 11.6. The fraction of sp³-hybridized carbons (Fsp3) is 0.267. The Kier molecular flexibility index (Phi) is 4.71. The van der Waals surface area contributed by atoms with Crippen LogP contribution in [0.25, 0.3) is 10.9 Å². The summed E-state index contributed by atoms with van der Waals surface area (Å²) in [6, 6.07) is 6.85. The highest BCUT2D eigenvalue weighted by Crippen LogP contribution is 2.03. The van der Waals surface area contributed by atoms with Crippen LogP contribution in [-0.4, -0.2) is 22.0 Å². The molecule has 110 valence electrons. The molecule has 2 aromatic rings. The lowest BCUT2D eigenvalue weighted by Crippen LogP contribution is -2.35. The van der Waals surface area contributed by atoms with E-state index in [1.54, 1.807) is 30.3 Å². The van der Waals surface area contributed by atoms with Crippen LogP contribution in [0.3, 0.4) is 0 Å². The number of hydrogen-bond donors (Lipinski definition) is 2. The summed E-state index contributed by atoms with van der Waals surface area (Å²) in [5, 5.41) is 3.11. The van der Waals surface area contributed by atoms with Gasteiger partial charge in [0.15, 0.2) is 0 Å². The lowest BCUT2D eigenvalue weighted by molar-refractivity contribution is -0.121. The molecule has 1 aromatic carbocycles. The van der Waals surface area contributed by atoms with Gasteiger partial charge in [0.1, 0.15) is 0 Å². The molecular formula is C15H17N3O3. The average Bonchev–Trinajstić information content (AvgIpc) is 2.48. The van der Waals surface area contributed by atoms with Gasteiger partial charge in [-0.3, -0.25) is 14.2 Å². The van der Waals surface area contributed by atoms with Gasteiger partial charge in [-0.2, -0.15) is 0 Å². The molecule has 0 aliphatic carbocycles. The molecular weight excluding hydrogens is 270 g/mol. The van der Waals surface area contributed by atoms with Crippen molar-refractivity contribution in [2.24, 2.45) is 0 Å². The maximum absolute atomic E-state index is 12.2. The van der Waals surface area contributed by atoms with E-state index in [9.17, 15) is 14.4 Å². The van der Waals surface area contributed by atoms with Gasteiger partial charge in [-0.25, -0.2) is 4.79 Å². The molecule has 6 heteroatoms. The van der Waals surface area contributed by atoms with Gasteiger partial charge in [0.05, 0.1) is 10.9 Å². The Morgan fingerprint density at radius 2 is 2.10 bits per heavy atom. The zero-order valence-corrected chi connectivity index (χ0v) is 11.6. The molecule has 0 fully saturated rings. The molecule has 2 N–H and O–H groups in total. The first-order valence-electron chi connectivity index (χ1n) is 6.73. The Labute approximate surface area is 121 Å². The summed E-state index contributed by atoms with van der Waals surface area (Å²) in [5.41, 5.74) is -0.265. The Bertz CT molecular complexity index is 774. The standard InChI is InChI=1S/C15H17N3O3/c1-2-9-16-13(19)8-5-10-18-14(20)11-6-3-4-7-12(11)17-15(18)21/h2-4,6-7H,1,5,8-10H2,(H,16,19)(H,17,21). The van der Waals surface area contributed by atoms with Gasteiger partial charge >= 0.3 is 5.69 Å². The lowest BCUT2D eigenvalue weighted by atomic mass is 10.2. The van der Waals surface area contributed by atoms with Crippen molar-refractivity contribution in [1.82, 2.24) is 14.9 Å². The molecule has 0 unspecified atom stereocenters. The number of nitrogens with zero attached hydrogens (tertiary/aromatic N) is 1. The maximum Gasteiger partial charge on any atom is 0.328 e. The van der Waals surface area contributed by atoms with Crippen LogP contribution < -0.4 is 16.6 Å². The summed E-state index contributed by atoms with van der Waals surface area (Å²) in [6.45, 7) is 4.13. The normalized spacial score (nSPS) is 10.5. The fourth-order valence-corrected chi connectivity index (χ4v) is 2.07. The van der Waals surface area contributed by atoms with Gasteiger partial charge < -0.3 is 10.3 Å². The third kappa shape index (κ3) is 3.47. The van der Waals surface area contributed by atoms with Gasteiger partial charge in [-0.05, 0) is 18.6 Å². The number of benzene rings is 1. The molecule has 1 heterocycles. The summed E-state index contributed by atoms with van der Waals surface area (Å²) in [6.07, 6.45) is 2.27. The molecule has 0 saturated carbocycles. The summed E-state index contributed by atoms with van der Waals surface area (Å²) in [4.78, 5) is 38.2. The van der Waals surface area contributed by atoms with Crippen LogP contribution in [0, 0.1) is 0 Å². The summed E-state index contributed by atoms with van der Waals surface area (Å²) >= 11 is 0. The van der Waals surface area contributed by atoms with Crippen molar-refractivity contribution < 1.29 is 4.79 Å². The quantitative estimate of drug-likeness (QED) is 0.770. The van der Waals surface area contributed by atoms with E-state index < -0.39 is 5.69 Å². The monoisotopic (exact) mass is 287 g/mol. The van der Waals surface area contributed by atoms with Crippen molar-refractivity contribution in [3.63, 3.8) is 0 Å². The number of H-pyrrole nitrogens is 1. The molecule has 0 radical (unpaired) electrons. The highest BCUT2D eigenvalue weighted by atomic mass is 16.2. The third-order valence-electron chi connectivity index (χ3n) is 3.12. The second kappa shape index (κ2) is 6.69. The van der Waals surface area contributed by atoms with Crippen LogP contribution in [-0.2, 0) is 11.3 Å².